The molecule has 1 saturated heterocycles. The van der Waals surface area contributed by atoms with Gasteiger partial charge in [-0.2, -0.15) is 0 Å². The molecule has 0 unspecified atom stereocenters. The number of ether oxygens (including phenoxy) is 1. The van der Waals surface area contributed by atoms with Crippen molar-refractivity contribution < 1.29 is 9.53 Å². The molecule has 1 aliphatic heterocycles. The van der Waals surface area contributed by atoms with Crippen LogP contribution in [-0.2, 0) is 11.2 Å². The Bertz CT molecular complexity index is 520. The van der Waals surface area contributed by atoms with Gasteiger partial charge in [-0.1, -0.05) is 19.1 Å². The van der Waals surface area contributed by atoms with Crippen LogP contribution in [0.3, 0.4) is 0 Å². The van der Waals surface area contributed by atoms with Crippen LogP contribution in [0.2, 0.25) is 0 Å². The first-order valence-electron chi connectivity index (χ1n) is 8.92. The summed E-state index contributed by atoms with van der Waals surface area (Å²) in [6, 6.07) is 8.57. The number of hydrogen-bond acceptors (Lipinski definition) is 4. The van der Waals surface area contributed by atoms with Crippen LogP contribution >= 0.6 is 0 Å². The second-order valence-corrected chi connectivity index (χ2v) is 7.26. The lowest BCUT2D eigenvalue weighted by Crippen LogP contribution is -2.37. The Morgan fingerprint density at radius 1 is 1.29 bits per heavy atom. The molecule has 3 N–H and O–H groups in total. The first-order valence-corrected chi connectivity index (χ1v) is 8.92. The Hall–Kier alpha value is -1.75. The normalized spacial score (nSPS) is 16.2. The SMILES string of the molecule is CCNCC1CCN(c2ccc(CC(C)(C)OC(N)=O)cc2)CC1. The molecule has 2 rings (SSSR count). The smallest absolute Gasteiger partial charge is 0.405 e. The van der Waals surface area contributed by atoms with Crippen molar-refractivity contribution in [2.45, 2.75) is 45.6 Å². The van der Waals surface area contributed by atoms with Gasteiger partial charge in [0, 0.05) is 25.2 Å². The molecule has 0 saturated carbocycles. The molecule has 1 heterocycles. The summed E-state index contributed by atoms with van der Waals surface area (Å²) in [5.41, 5.74) is 6.96. The Labute approximate surface area is 145 Å². The molecular formula is C19H31N3O2. The van der Waals surface area contributed by atoms with Crippen LogP contribution < -0.4 is 16.0 Å². The van der Waals surface area contributed by atoms with Crippen LogP contribution in [0, 0.1) is 5.92 Å². The van der Waals surface area contributed by atoms with E-state index in [4.69, 9.17) is 10.5 Å². The van der Waals surface area contributed by atoms with E-state index in [0.29, 0.717) is 6.42 Å². The van der Waals surface area contributed by atoms with Crippen molar-refractivity contribution in [3.05, 3.63) is 29.8 Å². The van der Waals surface area contributed by atoms with Crippen molar-refractivity contribution in [2.75, 3.05) is 31.1 Å². The second kappa shape index (κ2) is 8.38. The number of carbonyl (C=O) groups is 1. The Morgan fingerprint density at radius 3 is 2.46 bits per heavy atom. The van der Waals surface area contributed by atoms with E-state index in [0.717, 1.165) is 37.7 Å². The van der Waals surface area contributed by atoms with Crippen LogP contribution in [0.15, 0.2) is 24.3 Å². The average Bonchev–Trinajstić information content (AvgIpc) is 2.52. The summed E-state index contributed by atoms with van der Waals surface area (Å²) in [4.78, 5) is 13.4. The highest BCUT2D eigenvalue weighted by Gasteiger charge is 2.23. The van der Waals surface area contributed by atoms with Gasteiger partial charge < -0.3 is 20.7 Å². The minimum Gasteiger partial charge on any atom is -0.443 e. The molecule has 0 radical (unpaired) electrons. The van der Waals surface area contributed by atoms with Crippen LogP contribution in [0.5, 0.6) is 0 Å². The number of nitrogens with one attached hydrogen (secondary N) is 1. The zero-order chi connectivity index (χ0) is 17.6. The summed E-state index contributed by atoms with van der Waals surface area (Å²) in [6.07, 6.45) is 2.42. The van der Waals surface area contributed by atoms with Gasteiger partial charge in [0.2, 0.25) is 0 Å². The van der Waals surface area contributed by atoms with E-state index in [9.17, 15) is 4.79 Å². The van der Waals surface area contributed by atoms with Gasteiger partial charge in [-0.25, -0.2) is 4.79 Å². The summed E-state index contributed by atoms with van der Waals surface area (Å²) in [6.45, 7) is 10.3. The molecule has 5 nitrogen and oxygen atoms in total. The van der Waals surface area contributed by atoms with Gasteiger partial charge in [-0.3, -0.25) is 0 Å². The molecule has 24 heavy (non-hydrogen) atoms. The number of primary amides is 1. The van der Waals surface area contributed by atoms with Crippen molar-refractivity contribution >= 4 is 11.8 Å². The fourth-order valence-electron chi connectivity index (χ4n) is 3.37. The topological polar surface area (TPSA) is 67.6 Å². The van der Waals surface area contributed by atoms with Gasteiger partial charge in [-0.15, -0.1) is 0 Å². The Kier molecular flexibility index (Phi) is 6.49. The Balaban J connectivity index is 1.87. The van der Waals surface area contributed by atoms with E-state index >= 15 is 0 Å². The molecule has 0 aliphatic carbocycles. The van der Waals surface area contributed by atoms with Gasteiger partial charge in [-0.05, 0) is 63.4 Å². The molecule has 1 amide bonds. The number of carbonyl (C=O) groups excluding carboxylic acids is 1. The predicted octanol–water partition coefficient (Wildman–Crippen LogP) is 2.93. The zero-order valence-corrected chi connectivity index (χ0v) is 15.2. The van der Waals surface area contributed by atoms with E-state index < -0.39 is 11.7 Å². The van der Waals surface area contributed by atoms with E-state index in [1.54, 1.807) is 0 Å². The fourth-order valence-corrected chi connectivity index (χ4v) is 3.37. The number of benzene rings is 1. The van der Waals surface area contributed by atoms with Crippen molar-refractivity contribution in [3.8, 4) is 0 Å². The zero-order valence-electron chi connectivity index (χ0n) is 15.2. The monoisotopic (exact) mass is 333 g/mol. The third-order valence-corrected chi connectivity index (χ3v) is 4.61. The molecule has 1 aromatic carbocycles. The van der Waals surface area contributed by atoms with Crippen LogP contribution in [0.25, 0.3) is 0 Å². The van der Waals surface area contributed by atoms with Gasteiger partial charge >= 0.3 is 6.09 Å². The van der Waals surface area contributed by atoms with Gasteiger partial charge in [0.15, 0.2) is 0 Å². The number of rotatable bonds is 7. The lowest BCUT2D eigenvalue weighted by atomic mass is 9.95. The maximum Gasteiger partial charge on any atom is 0.405 e. The molecule has 5 heteroatoms. The number of amides is 1. The minimum atomic E-state index is -0.725. The molecule has 1 fully saturated rings. The summed E-state index contributed by atoms with van der Waals surface area (Å²) in [5, 5.41) is 3.45. The highest BCUT2D eigenvalue weighted by molar-refractivity contribution is 5.65. The molecule has 1 aliphatic rings. The van der Waals surface area contributed by atoms with Gasteiger partial charge in [0.25, 0.3) is 0 Å². The van der Waals surface area contributed by atoms with E-state index in [-0.39, 0.29) is 0 Å². The number of anilines is 1. The van der Waals surface area contributed by atoms with Crippen LogP contribution in [0.1, 0.15) is 39.2 Å². The summed E-state index contributed by atoms with van der Waals surface area (Å²) in [7, 11) is 0. The fraction of sp³-hybridized carbons (Fsp3) is 0.632. The van der Waals surface area contributed by atoms with Crippen LogP contribution in [0.4, 0.5) is 10.5 Å². The Morgan fingerprint density at radius 2 is 1.92 bits per heavy atom. The average molecular weight is 333 g/mol. The molecule has 0 aromatic heterocycles. The number of hydrogen-bond donors (Lipinski definition) is 2. The van der Waals surface area contributed by atoms with E-state index in [1.807, 2.05) is 13.8 Å². The molecule has 134 valence electrons. The second-order valence-electron chi connectivity index (χ2n) is 7.26. The standard InChI is InChI=1S/C19H31N3O2/c1-4-21-14-16-9-11-22(12-10-16)17-7-5-15(6-8-17)13-19(2,3)24-18(20)23/h5-8,16,21H,4,9-14H2,1-3H3,(H2,20,23). The van der Waals surface area contributed by atoms with E-state index in [2.05, 4.69) is 41.4 Å². The third kappa shape index (κ3) is 5.71. The predicted molar refractivity (Wildman–Crippen MR) is 98.4 cm³/mol. The maximum atomic E-state index is 10.9. The van der Waals surface area contributed by atoms with Crippen LogP contribution in [-0.4, -0.2) is 37.9 Å². The summed E-state index contributed by atoms with van der Waals surface area (Å²) in [5.74, 6) is 0.798. The molecule has 0 bridgehead atoms. The largest absolute Gasteiger partial charge is 0.443 e. The number of nitrogens with zero attached hydrogens (tertiary/aromatic N) is 1. The highest BCUT2D eigenvalue weighted by atomic mass is 16.6. The first-order chi connectivity index (χ1) is 11.4. The van der Waals surface area contributed by atoms with Crippen molar-refractivity contribution in [3.63, 3.8) is 0 Å². The number of piperidine rings is 1. The molecule has 0 atom stereocenters. The minimum absolute atomic E-state index is 0.585. The quantitative estimate of drug-likeness (QED) is 0.805. The summed E-state index contributed by atoms with van der Waals surface area (Å²) >= 11 is 0. The maximum absolute atomic E-state index is 10.9. The molecular weight excluding hydrogens is 302 g/mol. The summed E-state index contributed by atoms with van der Waals surface area (Å²) < 4.78 is 5.15. The highest BCUT2D eigenvalue weighted by Crippen LogP contribution is 2.25. The molecule has 1 aromatic rings. The lowest BCUT2D eigenvalue weighted by Gasteiger charge is -2.34. The lowest BCUT2D eigenvalue weighted by molar-refractivity contribution is 0.0460. The van der Waals surface area contributed by atoms with Gasteiger partial charge in [0.05, 0.1) is 0 Å². The van der Waals surface area contributed by atoms with Crippen molar-refractivity contribution in [1.82, 2.24) is 5.32 Å². The number of nitrogens with two attached hydrogens (primary N) is 1. The van der Waals surface area contributed by atoms with Gasteiger partial charge in [0.1, 0.15) is 5.60 Å². The van der Waals surface area contributed by atoms with E-state index in [1.165, 1.54) is 18.5 Å². The molecule has 0 spiro atoms. The first kappa shape index (κ1) is 18.6. The van der Waals surface area contributed by atoms with Crippen molar-refractivity contribution in [2.24, 2.45) is 11.7 Å². The third-order valence-electron chi connectivity index (χ3n) is 4.61. The van der Waals surface area contributed by atoms with Crippen molar-refractivity contribution in [1.29, 1.82) is 0 Å².